The summed E-state index contributed by atoms with van der Waals surface area (Å²) in [7, 11) is 1.23. The lowest BCUT2D eigenvalue weighted by molar-refractivity contribution is -0.151. The fourth-order valence-electron chi connectivity index (χ4n) is 0.874. The van der Waals surface area contributed by atoms with Crippen LogP contribution in [0.2, 0.25) is 0 Å². The molecule has 0 unspecified atom stereocenters. The van der Waals surface area contributed by atoms with Crippen LogP contribution < -0.4 is 0 Å². The molecule has 3 nitrogen and oxygen atoms in total. The fraction of sp³-hybridized carbons (Fsp3) is 0.714. The highest BCUT2D eigenvalue weighted by Gasteiger charge is 2.23. The van der Waals surface area contributed by atoms with E-state index < -0.39 is 11.8 Å². The second-order valence-electron chi connectivity index (χ2n) is 2.29. The minimum Gasteiger partial charge on any atom is -0.463 e. The van der Waals surface area contributed by atoms with Crippen LogP contribution in [0.5, 0.6) is 0 Å². The van der Waals surface area contributed by atoms with Gasteiger partial charge in [0.25, 0.3) is 0 Å². The first-order valence-corrected chi connectivity index (χ1v) is 5.68. The molecule has 1 rings (SSSR count). The number of rotatable bonds is 3. The molecule has 5 heteroatoms. The number of esters is 1. The average Bonchev–Trinajstić information content (AvgIpc) is 2.55. The Morgan fingerprint density at radius 2 is 2.00 bits per heavy atom. The van der Waals surface area contributed by atoms with E-state index in [2.05, 4.69) is 4.74 Å². The normalized spacial score (nSPS) is 17.8. The molecule has 0 aromatic carbocycles. The summed E-state index contributed by atoms with van der Waals surface area (Å²) in [6.07, 6.45) is 0.308. The average molecular weight is 206 g/mol. The molecule has 0 aliphatic carbocycles. The summed E-state index contributed by atoms with van der Waals surface area (Å²) >= 11 is 3.47. The van der Waals surface area contributed by atoms with E-state index in [1.165, 1.54) is 7.11 Å². The molecule has 0 aromatic heterocycles. The molecule has 1 heterocycles. The van der Waals surface area contributed by atoms with Crippen molar-refractivity contribution in [3.8, 4) is 0 Å². The quantitative estimate of drug-likeness (QED) is 0.507. The second kappa shape index (κ2) is 4.77. The van der Waals surface area contributed by atoms with Crippen molar-refractivity contribution < 1.29 is 14.3 Å². The largest absolute Gasteiger partial charge is 0.463 e. The summed E-state index contributed by atoms with van der Waals surface area (Å²) in [6, 6.07) is 0. The summed E-state index contributed by atoms with van der Waals surface area (Å²) in [5, 5.41) is 0. The maximum absolute atomic E-state index is 11.0. The predicted molar refractivity (Wildman–Crippen MR) is 50.3 cm³/mol. The highest BCUT2D eigenvalue weighted by atomic mass is 32.2. The number of ketones is 1. The zero-order chi connectivity index (χ0) is 8.97. The smallest absolute Gasteiger partial charge is 0.374 e. The van der Waals surface area contributed by atoms with E-state index in [0.29, 0.717) is 6.42 Å². The lowest BCUT2D eigenvalue weighted by atomic mass is 10.3. The molecule has 0 aromatic rings. The molecule has 0 atom stereocenters. The number of carbonyl (C=O) groups is 2. The van der Waals surface area contributed by atoms with Gasteiger partial charge in [-0.3, -0.25) is 4.79 Å². The Morgan fingerprint density at radius 3 is 2.50 bits per heavy atom. The number of Topliss-reactive ketones (excluding diaryl/α,β-unsaturated/α-hetero) is 1. The van der Waals surface area contributed by atoms with Crippen LogP contribution in [0.3, 0.4) is 0 Å². The van der Waals surface area contributed by atoms with Gasteiger partial charge in [-0.25, -0.2) is 4.79 Å². The van der Waals surface area contributed by atoms with Gasteiger partial charge in [-0.05, 0) is 0 Å². The highest BCUT2D eigenvalue weighted by Crippen LogP contribution is 2.34. The number of hydrogen-bond donors (Lipinski definition) is 0. The molecule has 0 spiro atoms. The topological polar surface area (TPSA) is 43.4 Å². The van der Waals surface area contributed by atoms with E-state index >= 15 is 0 Å². The maximum atomic E-state index is 11.0. The first-order valence-electron chi connectivity index (χ1n) is 3.58. The Kier molecular flexibility index (Phi) is 3.94. The standard InChI is InChI=1S/C7H10O3S2/c1-10-7(9)5(8)4-6-11-2-3-12-6/h6H,2-4H2,1H3. The molecule has 68 valence electrons. The fourth-order valence-corrected chi connectivity index (χ4v) is 3.67. The Hall–Kier alpha value is -0.160. The zero-order valence-corrected chi connectivity index (χ0v) is 8.37. The third-order valence-corrected chi connectivity index (χ3v) is 4.49. The molecule has 0 N–H and O–H groups in total. The molecule has 1 fully saturated rings. The number of methoxy groups -OCH3 is 1. The molecule has 1 saturated heterocycles. The number of hydrogen-bond acceptors (Lipinski definition) is 5. The van der Waals surface area contributed by atoms with Crippen LogP contribution in [-0.4, -0.2) is 35.0 Å². The van der Waals surface area contributed by atoms with E-state index in [1.54, 1.807) is 23.5 Å². The van der Waals surface area contributed by atoms with Gasteiger partial charge in [0.05, 0.1) is 11.7 Å². The Labute approximate surface area is 79.6 Å². The lowest BCUT2D eigenvalue weighted by Gasteiger charge is -2.04. The number of thioether (sulfide) groups is 2. The van der Waals surface area contributed by atoms with Crippen LogP contribution in [0.15, 0.2) is 0 Å². The highest BCUT2D eigenvalue weighted by molar-refractivity contribution is 8.20. The molecular formula is C7H10O3S2. The molecule has 0 bridgehead atoms. The Bertz CT molecular complexity index is 187. The molecule has 0 amide bonds. The summed E-state index contributed by atoms with van der Waals surface area (Å²) in [5.74, 6) is 1.01. The number of ether oxygens (including phenoxy) is 1. The van der Waals surface area contributed by atoms with Crippen LogP contribution in [0, 0.1) is 0 Å². The SMILES string of the molecule is COC(=O)C(=O)CC1SCCS1. The van der Waals surface area contributed by atoms with Gasteiger partial charge in [-0.15, -0.1) is 23.5 Å². The zero-order valence-electron chi connectivity index (χ0n) is 6.74. The van der Waals surface area contributed by atoms with Crippen LogP contribution in [0.1, 0.15) is 6.42 Å². The van der Waals surface area contributed by atoms with Gasteiger partial charge < -0.3 is 4.74 Å². The molecule has 0 saturated carbocycles. The third kappa shape index (κ3) is 2.71. The van der Waals surface area contributed by atoms with Crippen molar-refractivity contribution >= 4 is 35.3 Å². The Balaban J connectivity index is 2.29. The third-order valence-electron chi connectivity index (χ3n) is 1.46. The van der Waals surface area contributed by atoms with Crippen LogP contribution in [-0.2, 0) is 14.3 Å². The summed E-state index contributed by atoms with van der Waals surface area (Å²) < 4.78 is 4.58. The second-order valence-corrected chi connectivity index (χ2v) is 5.21. The number of carbonyl (C=O) groups excluding carboxylic acids is 2. The summed E-state index contributed by atoms with van der Waals surface area (Å²) in [5.41, 5.74) is 0. The van der Waals surface area contributed by atoms with Crippen molar-refractivity contribution in [2.24, 2.45) is 0 Å². The van der Waals surface area contributed by atoms with E-state index in [4.69, 9.17) is 0 Å². The summed E-state index contributed by atoms with van der Waals surface area (Å²) in [4.78, 5) is 21.7. The van der Waals surface area contributed by atoms with Crippen molar-refractivity contribution in [2.45, 2.75) is 11.0 Å². The van der Waals surface area contributed by atoms with E-state index in [0.717, 1.165) is 11.5 Å². The van der Waals surface area contributed by atoms with Gasteiger partial charge >= 0.3 is 5.97 Å². The Morgan fingerprint density at radius 1 is 1.42 bits per heavy atom. The van der Waals surface area contributed by atoms with Gasteiger partial charge in [-0.2, -0.15) is 0 Å². The minimum absolute atomic E-state index is 0.261. The van der Waals surface area contributed by atoms with Gasteiger partial charge in [0.2, 0.25) is 5.78 Å². The van der Waals surface area contributed by atoms with Gasteiger partial charge in [0.15, 0.2) is 0 Å². The lowest BCUT2D eigenvalue weighted by Crippen LogP contribution is -2.18. The van der Waals surface area contributed by atoms with E-state index in [-0.39, 0.29) is 4.58 Å². The predicted octanol–water partition coefficient (Wildman–Crippen LogP) is 0.925. The van der Waals surface area contributed by atoms with Crippen molar-refractivity contribution in [3.63, 3.8) is 0 Å². The molecule has 12 heavy (non-hydrogen) atoms. The maximum Gasteiger partial charge on any atom is 0.374 e. The van der Waals surface area contributed by atoms with Gasteiger partial charge in [0.1, 0.15) is 0 Å². The van der Waals surface area contributed by atoms with Gasteiger partial charge in [-0.1, -0.05) is 0 Å². The van der Waals surface area contributed by atoms with Crippen molar-refractivity contribution in [1.82, 2.24) is 0 Å². The van der Waals surface area contributed by atoms with Crippen LogP contribution in [0.4, 0.5) is 0 Å². The molecule has 1 aliphatic heterocycles. The van der Waals surface area contributed by atoms with Crippen molar-refractivity contribution in [2.75, 3.05) is 18.6 Å². The van der Waals surface area contributed by atoms with Crippen LogP contribution in [0.25, 0.3) is 0 Å². The van der Waals surface area contributed by atoms with E-state index in [9.17, 15) is 9.59 Å². The van der Waals surface area contributed by atoms with Crippen molar-refractivity contribution in [3.05, 3.63) is 0 Å². The van der Waals surface area contributed by atoms with Crippen LogP contribution >= 0.6 is 23.5 Å². The monoisotopic (exact) mass is 206 g/mol. The molecule has 0 radical (unpaired) electrons. The first kappa shape index (κ1) is 9.92. The molecular weight excluding hydrogens is 196 g/mol. The van der Waals surface area contributed by atoms with Crippen molar-refractivity contribution in [1.29, 1.82) is 0 Å². The van der Waals surface area contributed by atoms with E-state index in [1.807, 2.05) is 0 Å². The minimum atomic E-state index is -0.719. The molecule has 1 aliphatic rings. The van der Waals surface area contributed by atoms with Gasteiger partial charge in [0, 0.05) is 17.9 Å². The summed E-state index contributed by atoms with van der Waals surface area (Å²) in [6.45, 7) is 0. The first-order chi connectivity index (χ1) is 5.74.